The first kappa shape index (κ1) is 9.56. The maximum absolute atomic E-state index is 4.43. The lowest BCUT2D eigenvalue weighted by atomic mass is 10.1. The van der Waals surface area contributed by atoms with E-state index in [4.69, 9.17) is 0 Å². The van der Waals surface area contributed by atoms with Crippen molar-refractivity contribution in [3.8, 4) is 0 Å². The van der Waals surface area contributed by atoms with Crippen molar-refractivity contribution in [2.75, 3.05) is 0 Å². The van der Waals surface area contributed by atoms with Crippen molar-refractivity contribution in [2.45, 2.75) is 18.2 Å². The summed E-state index contributed by atoms with van der Waals surface area (Å²) in [4.78, 5) is 1.03. The van der Waals surface area contributed by atoms with Crippen LogP contribution >= 0.6 is 39.9 Å². The van der Waals surface area contributed by atoms with Gasteiger partial charge in [0.25, 0.3) is 0 Å². The van der Waals surface area contributed by atoms with E-state index in [0.29, 0.717) is 0 Å². The lowest BCUT2D eigenvalue weighted by Gasteiger charge is -2.04. The third-order valence-corrected chi connectivity index (χ3v) is 4.80. The number of aryl methyl sites for hydroxylation is 1. The van der Waals surface area contributed by atoms with Crippen LogP contribution in [0.4, 0.5) is 0 Å². The summed E-state index contributed by atoms with van der Waals surface area (Å²) in [6.07, 6.45) is 1.06. The van der Waals surface area contributed by atoms with Crippen molar-refractivity contribution in [1.29, 1.82) is 0 Å². The largest absolute Gasteiger partial charge is 0.143 e. The quantitative estimate of drug-likeness (QED) is 0.726. The smallest absolute Gasteiger partial charge is 0.0498 e. The first-order valence-corrected chi connectivity index (χ1v) is 6.23. The van der Waals surface area contributed by atoms with E-state index in [2.05, 4.69) is 53.0 Å². The molecule has 0 amide bonds. The van der Waals surface area contributed by atoms with Crippen LogP contribution in [0.3, 0.4) is 0 Å². The van der Waals surface area contributed by atoms with E-state index in [0.717, 1.165) is 15.8 Å². The number of rotatable bonds is 1. The molecule has 0 spiro atoms. The SMILES string of the molecule is CCc1cc(S)c(Br)c2sccc12. The number of hydrogen-bond acceptors (Lipinski definition) is 2. The van der Waals surface area contributed by atoms with Crippen molar-refractivity contribution < 1.29 is 0 Å². The summed E-state index contributed by atoms with van der Waals surface area (Å²) in [5, 5.41) is 3.49. The molecule has 0 atom stereocenters. The maximum Gasteiger partial charge on any atom is 0.0498 e. The highest BCUT2D eigenvalue weighted by atomic mass is 79.9. The van der Waals surface area contributed by atoms with Gasteiger partial charge in [0.1, 0.15) is 0 Å². The molecule has 0 unspecified atom stereocenters. The third kappa shape index (κ3) is 1.53. The van der Waals surface area contributed by atoms with Gasteiger partial charge in [-0.25, -0.2) is 0 Å². The Morgan fingerprint density at radius 2 is 2.31 bits per heavy atom. The van der Waals surface area contributed by atoms with Crippen molar-refractivity contribution in [3.05, 3.63) is 27.5 Å². The fraction of sp³-hybridized carbons (Fsp3) is 0.200. The fourth-order valence-electron chi connectivity index (χ4n) is 1.45. The Morgan fingerprint density at radius 1 is 1.54 bits per heavy atom. The average molecular weight is 273 g/mol. The molecule has 0 fully saturated rings. The van der Waals surface area contributed by atoms with Crippen molar-refractivity contribution in [2.24, 2.45) is 0 Å². The van der Waals surface area contributed by atoms with Gasteiger partial charge in [-0.15, -0.1) is 24.0 Å². The van der Waals surface area contributed by atoms with E-state index in [1.807, 2.05) is 0 Å². The molecule has 1 aromatic carbocycles. The predicted molar refractivity (Wildman–Crippen MR) is 66.2 cm³/mol. The Balaban J connectivity index is 2.87. The van der Waals surface area contributed by atoms with Gasteiger partial charge in [-0.1, -0.05) is 6.92 Å². The van der Waals surface area contributed by atoms with Crippen molar-refractivity contribution >= 4 is 50.0 Å². The lowest BCUT2D eigenvalue weighted by molar-refractivity contribution is 1.14. The van der Waals surface area contributed by atoms with Crippen LogP contribution < -0.4 is 0 Å². The Hall–Kier alpha value is 0.01000. The molecule has 2 rings (SSSR count). The number of benzene rings is 1. The molecule has 0 aliphatic carbocycles. The van der Waals surface area contributed by atoms with Crippen molar-refractivity contribution in [3.63, 3.8) is 0 Å². The molecule has 0 N–H and O–H groups in total. The van der Waals surface area contributed by atoms with Crippen LogP contribution in [0, 0.1) is 0 Å². The standard InChI is InChI=1S/C10H9BrS2/c1-2-6-5-8(12)9(11)10-7(6)3-4-13-10/h3-5,12H,2H2,1H3. The second-order valence-electron chi connectivity index (χ2n) is 2.89. The van der Waals surface area contributed by atoms with Crippen molar-refractivity contribution in [1.82, 2.24) is 0 Å². The van der Waals surface area contributed by atoms with E-state index < -0.39 is 0 Å². The zero-order valence-corrected chi connectivity index (χ0v) is 10.5. The van der Waals surface area contributed by atoms with Crippen LogP contribution in [0.2, 0.25) is 0 Å². The summed E-state index contributed by atoms with van der Waals surface area (Å²) in [7, 11) is 0. The maximum atomic E-state index is 4.43. The van der Waals surface area contributed by atoms with Crippen LogP contribution in [0.15, 0.2) is 26.9 Å². The minimum Gasteiger partial charge on any atom is -0.143 e. The zero-order chi connectivity index (χ0) is 9.42. The van der Waals surface area contributed by atoms with Crippen LogP contribution in [0.5, 0.6) is 0 Å². The van der Waals surface area contributed by atoms with E-state index in [1.54, 1.807) is 11.3 Å². The van der Waals surface area contributed by atoms with Gasteiger partial charge in [0.05, 0.1) is 0 Å². The van der Waals surface area contributed by atoms with Crippen LogP contribution in [-0.2, 0) is 6.42 Å². The third-order valence-electron chi connectivity index (χ3n) is 2.13. The summed E-state index contributed by atoms with van der Waals surface area (Å²) in [6.45, 7) is 2.17. The number of fused-ring (bicyclic) bond motifs is 1. The first-order valence-electron chi connectivity index (χ1n) is 4.11. The molecule has 0 radical (unpaired) electrons. The van der Waals surface area contributed by atoms with Crippen LogP contribution in [0.25, 0.3) is 10.1 Å². The van der Waals surface area contributed by atoms with Crippen LogP contribution in [0.1, 0.15) is 12.5 Å². The molecule has 13 heavy (non-hydrogen) atoms. The molecule has 1 aromatic heterocycles. The molecule has 68 valence electrons. The van der Waals surface area contributed by atoms with E-state index in [-0.39, 0.29) is 0 Å². The molecule has 0 saturated carbocycles. The van der Waals surface area contributed by atoms with Gasteiger partial charge >= 0.3 is 0 Å². The summed E-state index contributed by atoms with van der Waals surface area (Å²) >= 11 is 9.75. The molecule has 2 aromatic rings. The number of halogens is 1. The average Bonchev–Trinajstić information content (AvgIpc) is 2.60. The van der Waals surface area contributed by atoms with Gasteiger partial charge in [0, 0.05) is 14.1 Å². The highest BCUT2D eigenvalue weighted by Gasteiger charge is 2.07. The molecule has 0 saturated heterocycles. The van der Waals surface area contributed by atoms with Gasteiger partial charge in [0.15, 0.2) is 0 Å². The van der Waals surface area contributed by atoms with Gasteiger partial charge < -0.3 is 0 Å². The predicted octanol–water partition coefficient (Wildman–Crippen LogP) is 4.51. The van der Waals surface area contributed by atoms with Gasteiger partial charge in [-0.05, 0) is 50.8 Å². The molecular weight excluding hydrogens is 264 g/mol. The summed E-state index contributed by atoms with van der Waals surface area (Å²) in [5.41, 5.74) is 1.38. The molecular formula is C10H9BrS2. The molecule has 0 aliphatic heterocycles. The summed E-state index contributed by atoms with van der Waals surface area (Å²) in [6, 6.07) is 4.32. The molecule has 0 nitrogen and oxygen atoms in total. The second kappa shape index (κ2) is 3.64. The van der Waals surface area contributed by atoms with Gasteiger partial charge in [-0.3, -0.25) is 0 Å². The fourth-order valence-corrected chi connectivity index (χ4v) is 3.28. The number of hydrogen-bond donors (Lipinski definition) is 1. The van der Waals surface area contributed by atoms with Gasteiger partial charge in [-0.2, -0.15) is 0 Å². The molecule has 0 aliphatic rings. The topological polar surface area (TPSA) is 0 Å². The highest BCUT2D eigenvalue weighted by molar-refractivity contribution is 9.10. The van der Waals surface area contributed by atoms with E-state index in [1.165, 1.54) is 15.6 Å². The van der Waals surface area contributed by atoms with E-state index in [9.17, 15) is 0 Å². The Kier molecular flexibility index (Phi) is 2.67. The Morgan fingerprint density at radius 3 is 3.00 bits per heavy atom. The lowest BCUT2D eigenvalue weighted by Crippen LogP contribution is -1.82. The Bertz CT molecular complexity index is 445. The normalized spacial score (nSPS) is 11.0. The highest BCUT2D eigenvalue weighted by Crippen LogP contribution is 2.36. The number of thiol groups is 1. The second-order valence-corrected chi connectivity index (χ2v) is 5.08. The monoisotopic (exact) mass is 272 g/mol. The van der Waals surface area contributed by atoms with E-state index >= 15 is 0 Å². The first-order chi connectivity index (χ1) is 6.24. The summed E-state index contributed by atoms with van der Waals surface area (Å²) < 4.78 is 2.43. The van der Waals surface area contributed by atoms with Gasteiger partial charge in [0.2, 0.25) is 0 Å². The number of thiophene rings is 1. The summed E-state index contributed by atoms with van der Waals surface area (Å²) in [5.74, 6) is 0. The molecule has 0 bridgehead atoms. The minimum atomic E-state index is 1.03. The Labute approximate surface area is 95.5 Å². The van der Waals surface area contributed by atoms with Crippen LogP contribution in [-0.4, -0.2) is 0 Å². The minimum absolute atomic E-state index is 1.03. The molecule has 3 heteroatoms. The molecule has 1 heterocycles. The zero-order valence-electron chi connectivity index (χ0n) is 7.17.